The van der Waals surface area contributed by atoms with Gasteiger partial charge in [-0.1, -0.05) is 23.7 Å². The lowest BCUT2D eigenvalue weighted by Gasteiger charge is -2.18. The number of hydrogen-bond donors (Lipinski definition) is 1. The molecular formula is C12H18ClNO2. The van der Waals surface area contributed by atoms with Crippen LogP contribution in [0.5, 0.6) is 5.75 Å². The molecule has 0 aliphatic carbocycles. The number of likely N-dealkylation sites (N-methyl/N-ethyl adjacent to an activating group) is 1. The van der Waals surface area contributed by atoms with Crippen molar-refractivity contribution in [2.24, 2.45) is 0 Å². The molecule has 0 fully saturated rings. The molecule has 16 heavy (non-hydrogen) atoms. The number of para-hydroxylation sites is 1. The number of benzene rings is 1. The van der Waals surface area contributed by atoms with Crippen LogP contribution in [0.15, 0.2) is 24.3 Å². The Morgan fingerprint density at radius 2 is 2.12 bits per heavy atom. The number of rotatable bonds is 6. The minimum absolute atomic E-state index is 0.315. The van der Waals surface area contributed by atoms with Gasteiger partial charge < -0.3 is 14.7 Å². The van der Waals surface area contributed by atoms with Crippen LogP contribution in [0, 0.1) is 0 Å². The van der Waals surface area contributed by atoms with Crippen molar-refractivity contribution >= 4 is 11.6 Å². The molecule has 3 nitrogen and oxygen atoms in total. The third kappa shape index (κ3) is 4.84. The maximum Gasteiger partial charge on any atom is 0.137 e. The lowest BCUT2D eigenvalue weighted by molar-refractivity contribution is 0.131. The van der Waals surface area contributed by atoms with E-state index < -0.39 is 0 Å². The van der Waals surface area contributed by atoms with E-state index in [-0.39, 0.29) is 6.10 Å². The van der Waals surface area contributed by atoms with Crippen molar-refractivity contribution in [3.63, 3.8) is 0 Å². The Morgan fingerprint density at radius 3 is 2.75 bits per heavy atom. The van der Waals surface area contributed by atoms with E-state index >= 15 is 0 Å². The van der Waals surface area contributed by atoms with Gasteiger partial charge in [0.05, 0.1) is 11.1 Å². The van der Waals surface area contributed by atoms with Gasteiger partial charge in [0.2, 0.25) is 0 Å². The molecular weight excluding hydrogens is 226 g/mol. The molecule has 90 valence electrons. The van der Waals surface area contributed by atoms with Gasteiger partial charge in [-0.3, -0.25) is 0 Å². The van der Waals surface area contributed by atoms with E-state index in [4.69, 9.17) is 16.3 Å². The molecule has 0 aliphatic rings. The van der Waals surface area contributed by atoms with Gasteiger partial charge in [-0.05, 0) is 26.1 Å². The number of aliphatic hydroxyl groups excluding tert-OH is 1. The fourth-order valence-electron chi connectivity index (χ4n) is 1.42. The van der Waals surface area contributed by atoms with Gasteiger partial charge in [0.25, 0.3) is 0 Å². The van der Waals surface area contributed by atoms with Gasteiger partial charge >= 0.3 is 0 Å². The normalized spacial score (nSPS) is 12.8. The van der Waals surface area contributed by atoms with Crippen LogP contribution in [-0.2, 0) is 0 Å². The minimum atomic E-state index is -0.315. The highest BCUT2D eigenvalue weighted by atomic mass is 35.5. The SMILES string of the molecule is CC(O)CN(C)CCOc1ccccc1Cl. The highest BCUT2D eigenvalue weighted by Crippen LogP contribution is 2.22. The summed E-state index contributed by atoms with van der Waals surface area (Å²) < 4.78 is 5.53. The number of nitrogens with zero attached hydrogens (tertiary/aromatic N) is 1. The summed E-state index contributed by atoms with van der Waals surface area (Å²) in [6.45, 7) is 3.74. The van der Waals surface area contributed by atoms with Crippen molar-refractivity contribution in [1.82, 2.24) is 4.90 Å². The molecule has 0 radical (unpaired) electrons. The Bertz CT molecular complexity index is 318. The van der Waals surface area contributed by atoms with Crippen molar-refractivity contribution in [2.75, 3.05) is 26.7 Å². The molecule has 4 heteroatoms. The van der Waals surface area contributed by atoms with E-state index in [0.717, 1.165) is 6.54 Å². The van der Waals surface area contributed by atoms with E-state index in [0.29, 0.717) is 23.9 Å². The Labute approximate surface area is 102 Å². The average molecular weight is 244 g/mol. The Morgan fingerprint density at radius 1 is 1.44 bits per heavy atom. The lowest BCUT2D eigenvalue weighted by Crippen LogP contribution is -2.30. The second kappa shape index (κ2) is 6.74. The predicted molar refractivity (Wildman–Crippen MR) is 66.1 cm³/mol. The maximum absolute atomic E-state index is 9.18. The molecule has 1 atom stereocenters. The molecule has 0 aromatic heterocycles. The first-order valence-electron chi connectivity index (χ1n) is 5.33. The van der Waals surface area contributed by atoms with Crippen molar-refractivity contribution < 1.29 is 9.84 Å². The average Bonchev–Trinajstić information content (AvgIpc) is 2.19. The zero-order valence-corrected chi connectivity index (χ0v) is 10.4. The minimum Gasteiger partial charge on any atom is -0.491 e. The summed E-state index contributed by atoms with van der Waals surface area (Å²) >= 11 is 5.95. The number of hydrogen-bond acceptors (Lipinski definition) is 3. The molecule has 0 amide bonds. The summed E-state index contributed by atoms with van der Waals surface area (Å²) in [4.78, 5) is 2.02. The van der Waals surface area contributed by atoms with Crippen LogP contribution in [0.2, 0.25) is 5.02 Å². The highest BCUT2D eigenvalue weighted by Gasteiger charge is 2.04. The van der Waals surface area contributed by atoms with E-state index in [1.165, 1.54) is 0 Å². The standard InChI is InChI=1S/C12H18ClNO2/c1-10(15)9-14(2)7-8-16-12-6-4-3-5-11(12)13/h3-6,10,15H,7-9H2,1-2H3. The molecule has 1 rings (SSSR count). The molecule has 1 unspecified atom stereocenters. The highest BCUT2D eigenvalue weighted by molar-refractivity contribution is 6.32. The van der Waals surface area contributed by atoms with Gasteiger partial charge in [-0.2, -0.15) is 0 Å². The predicted octanol–water partition coefficient (Wildman–Crippen LogP) is 2.03. The van der Waals surface area contributed by atoms with Crippen LogP contribution in [0.4, 0.5) is 0 Å². The molecule has 1 N–H and O–H groups in total. The van der Waals surface area contributed by atoms with Gasteiger partial charge in [-0.15, -0.1) is 0 Å². The fraction of sp³-hybridized carbons (Fsp3) is 0.500. The van der Waals surface area contributed by atoms with E-state index in [9.17, 15) is 5.11 Å². The second-order valence-corrected chi connectivity index (χ2v) is 4.30. The molecule has 0 saturated heterocycles. The first kappa shape index (κ1) is 13.3. The molecule has 0 bridgehead atoms. The van der Waals surface area contributed by atoms with E-state index in [1.54, 1.807) is 13.0 Å². The van der Waals surface area contributed by atoms with Crippen LogP contribution in [0.1, 0.15) is 6.92 Å². The first-order valence-corrected chi connectivity index (χ1v) is 5.71. The van der Waals surface area contributed by atoms with Crippen LogP contribution >= 0.6 is 11.6 Å². The van der Waals surface area contributed by atoms with Crippen LogP contribution in [-0.4, -0.2) is 42.9 Å². The molecule has 0 aliphatic heterocycles. The van der Waals surface area contributed by atoms with Crippen LogP contribution in [0.3, 0.4) is 0 Å². The van der Waals surface area contributed by atoms with Gasteiger partial charge in [0.15, 0.2) is 0 Å². The van der Waals surface area contributed by atoms with Gasteiger partial charge in [0, 0.05) is 13.1 Å². The summed E-state index contributed by atoms with van der Waals surface area (Å²) in [6, 6.07) is 7.41. The zero-order chi connectivity index (χ0) is 12.0. The Kier molecular flexibility index (Phi) is 5.60. The largest absolute Gasteiger partial charge is 0.491 e. The Balaban J connectivity index is 2.28. The summed E-state index contributed by atoms with van der Waals surface area (Å²) in [7, 11) is 1.95. The Hall–Kier alpha value is -0.770. The molecule has 1 aromatic rings. The van der Waals surface area contributed by atoms with E-state index in [1.807, 2.05) is 30.1 Å². The number of halogens is 1. The van der Waals surface area contributed by atoms with Crippen molar-refractivity contribution in [1.29, 1.82) is 0 Å². The molecule has 1 aromatic carbocycles. The lowest BCUT2D eigenvalue weighted by atomic mass is 10.3. The third-order valence-electron chi connectivity index (χ3n) is 2.14. The van der Waals surface area contributed by atoms with Gasteiger partial charge in [-0.25, -0.2) is 0 Å². The number of ether oxygens (including phenoxy) is 1. The maximum atomic E-state index is 9.18. The smallest absolute Gasteiger partial charge is 0.137 e. The van der Waals surface area contributed by atoms with Crippen molar-refractivity contribution in [2.45, 2.75) is 13.0 Å². The molecule has 0 saturated carbocycles. The van der Waals surface area contributed by atoms with Crippen LogP contribution < -0.4 is 4.74 Å². The number of aliphatic hydroxyl groups is 1. The third-order valence-corrected chi connectivity index (χ3v) is 2.46. The first-order chi connectivity index (χ1) is 7.59. The van der Waals surface area contributed by atoms with Crippen molar-refractivity contribution in [3.8, 4) is 5.75 Å². The molecule has 0 spiro atoms. The van der Waals surface area contributed by atoms with E-state index in [2.05, 4.69) is 0 Å². The quantitative estimate of drug-likeness (QED) is 0.830. The molecule has 0 heterocycles. The topological polar surface area (TPSA) is 32.7 Å². The van der Waals surface area contributed by atoms with Crippen molar-refractivity contribution in [3.05, 3.63) is 29.3 Å². The fourth-order valence-corrected chi connectivity index (χ4v) is 1.61. The van der Waals surface area contributed by atoms with Gasteiger partial charge in [0.1, 0.15) is 12.4 Å². The van der Waals surface area contributed by atoms with Crippen LogP contribution in [0.25, 0.3) is 0 Å². The monoisotopic (exact) mass is 243 g/mol. The zero-order valence-electron chi connectivity index (χ0n) is 9.69. The summed E-state index contributed by atoms with van der Waals surface area (Å²) in [5, 5.41) is 9.81. The summed E-state index contributed by atoms with van der Waals surface area (Å²) in [5.74, 6) is 0.703. The summed E-state index contributed by atoms with van der Waals surface area (Å²) in [6.07, 6.45) is -0.315. The summed E-state index contributed by atoms with van der Waals surface area (Å²) in [5.41, 5.74) is 0. The second-order valence-electron chi connectivity index (χ2n) is 3.89.